The topological polar surface area (TPSA) is 82.6 Å². The lowest BCUT2D eigenvalue weighted by molar-refractivity contribution is 0.0943. The minimum Gasteiger partial charge on any atom is -0.362 e. The molecule has 0 spiro atoms. The maximum Gasteiger partial charge on any atom is 0.255 e. The smallest absolute Gasteiger partial charge is 0.255 e. The minimum atomic E-state index is -3.22. The van der Waals surface area contributed by atoms with Crippen LogP contribution in [0.4, 0.5) is 5.82 Å². The van der Waals surface area contributed by atoms with E-state index in [1.807, 2.05) is 38.9 Å². The molecular weight excluding hydrogens is 340 g/mol. The van der Waals surface area contributed by atoms with Crippen LogP contribution in [0.3, 0.4) is 0 Å². The van der Waals surface area contributed by atoms with Crippen molar-refractivity contribution in [2.24, 2.45) is 0 Å². The number of carbonyl (C=O) groups is 1. The van der Waals surface area contributed by atoms with E-state index < -0.39 is 10.0 Å². The van der Waals surface area contributed by atoms with Crippen molar-refractivity contribution in [2.75, 3.05) is 37.8 Å². The van der Waals surface area contributed by atoms with Gasteiger partial charge in [0.1, 0.15) is 5.82 Å². The number of pyridine rings is 1. The van der Waals surface area contributed by atoms with Crippen LogP contribution in [0.2, 0.25) is 0 Å². The Bertz CT molecular complexity index is 745. The second-order valence-corrected chi connectivity index (χ2v) is 9.05. The maximum atomic E-state index is 12.5. The van der Waals surface area contributed by atoms with Crippen LogP contribution < -0.4 is 10.2 Å². The molecule has 0 unspecified atom stereocenters. The number of nitrogens with one attached hydrogen (secondary N) is 1. The molecule has 0 saturated carbocycles. The van der Waals surface area contributed by atoms with Crippen LogP contribution in [-0.2, 0) is 22.9 Å². The van der Waals surface area contributed by atoms with Gasteiger partial charge in [-0.25, -0.2) is 17.7 Å². The monoisotopic (exact) mass is 368 g/mol. The van der Waals surface area contributed by atoms with E-state index in [1.54, 1.807) is 6.92 Å². The van der Waals surface area contributed by atoms with E-state index in [2.05, 4.69) is 10.3 Å². The zero-order valence-electron chi connectivity index (χ0n) is 15.7. The van der Waals surface area contributed by atoms with Crippen molar-refractivity contribution in [3.63, 3.8) is 0 Å². The zero-order valence-corrected chi connectivity index (χ0v) is 16.5. The van der Waals surface area contributed by atoms with Gasteiger partial charge in [-0.05, 0) is 38.8 Å². The van der Waals surface area contributed by atoms with Crippen molar-refractivity contribution >= 4 is 21.7 Å². The van der Waals surface area contributed by atoms with Gasteiger partial charge < -0.3 is 10.2 Å². The first-order chi connectivity index (χ1) is 11.7. The summed E-state index contributed by atoms with van der Waals surface area (Å²) >= 11 is 0. The summed E-state index contributed by atoms with van der Waals surface area (Å²) in [5.41, 5.74) is 2.36. The quantitative estimate of drug-likeness (QED) is 0.840. The zero-order chi connectivity index (χ0) is 18.8. The SMILES string of the molecule is CCS(=O)(=O)N1CCc2cc(C(=O)NC(C)C)c(N(C)C)nc2CC1. The summed E-state index contributed by atoms with van der Waals surface area (Å²) in [5.74, 6) is 0.557. The van der Waals surface area contributed by atoms with Gasteiger partial charge in [-0.3, -0.25) is 4.79 Å². The van der Waals surface area contributed by atoms with Crippen LogP contribution in [0.5, 0.6) is 0 Å². The van der Waals surface area contributed by atoms with Gasteiger partial charge in [0, 0.05) is 45.3 Å². The number of amides is 1. The van der Waals surface area contributed by atoms with E-state index in [-0.39, 0.29) is 17.7 Å². The number of hydrogen-bond donors (Lipinski definition) is 1. The molecule has 0 saturated heterocycles. The lowest BCUT2D eigenvalue weighted by atomic mass is 10.0. The molecule has 0 bridgehead atoms. The molecule has 1 aliphatic rings. The van der Waals surface area contributed by atoms with Crippen LogP contribution in [0.1, 0.15) is 42.4 Å². The highest BCUT2D eigenvalue weighted by atomic mass is 32.2. The van der Waals surface area contributed by atoms with Crippen molar-refractivity contribution in [2.45, 2.75) is 39.7 Å². The van der Waals surface area contributed by atoms with Crippen molar-refractivity contribution in [1.82, 2.24) is 14.6 Å². The van der Waals surface area contributed by atoms with Gasteiger partial charge in [-0.2, -0.15) is 0 Å². The molecule has 2 heterocycles. The van der Waals surface area contributed by atoms with E-state index >= 15 is 0 Å². The molecule has 1 aliphatic heterocycles. The summed E-state index contributed by atoms with van der Waals surface area (Å²) in [6.45, 7) is 6.34. The van der Waals surface area contributed by atoms with Crippen LogP contribution in [0.25, 0.3) is 0 Å². The molecule has 2 rings (SSSR count). The predicted octanol–water partition coefficient (Wildman–Crippen LogP) is 1.04. The third-order valence-electron chi connectivity index (χ3n) is 4.25. The molecule has 1 aromatic heterocycles. The fourth-order valence-electron chi connectivity index (χ4n) is 2.91. The van der Waals surface area contributed by atoms with E-state index in [0.29, 0.717) is 37.3 Å². The molecule has 8 heteroatoms. The van der Waals surface area contributed by atoms with Gasteiger partial charge in [0.25, 0.3) is 5.91 Å². The average Bonchev–Trinajstić information content (AvgIpc) is 2.75. The second-order valence-electron chi connectivity index (χ2n) is 6.79. The summed E-state index contributed by atoms with van der Waals surface area (Å²) in [7, 11) is 0.490. The van der Waals surface area contributed by atoms with Crippen LogP contribution >= 0.6 is 0 Å². The number of hydrogen-bond acceptors (Lipinski definition) is 5. The Morgan fingerprint density at radius 3 is 2.52 bits per heavy atom. The molecule has 1 N–H and O–H groups in total. The molecular formula is C17H28N4O3S. The number of aromatic nitrogens is 1. The largest absolute Gasteiger partial charge is 0.362 e. The number of carbonyl (C=O) groups excluding carboxylic acids is 1. The van der Waals surface area contributed by atoms with Gasteiger partial charge >= 0.3 is 0 Å². The summed E-state index contributed by atoms with van der Waals surface area (Å²) in [6, 6.07) is 1.91. The highest BCUT2D eigenvalue weighted by Crippen LogP contribution is 2.24. The molecule has 1 amide bonds. The molecule has 0 radical (unpaired) electrons. The van der Waals surface area contributed by atoms with Crippen LogP contribution in [0.15, 0.2) is 6.07 Å². The highest BCUT2D eigenvalue weighted by molar-refractivity contribution is 7.89. The first-order valence-electron chi connectivity index (χ1n) is 8.64. The summed E-state index contributed by atoms with van der Waals surface area (Å²) < 4.78 is 25.9. The minimum absolute atomic E-state index is 0.0338. The van der Waals surface area contributed by atoms with Crippen molar-refractivity contribution in [1.29, 1.82) is 0 Å². The third-order valence-corrected chi connectivity index (χ3v) is 6.13. The Hall–Kier alpha value is -1.67. The number of rotatable bonds is 5. The van der Waals surface area contributed by atoms with E-state index in [1.165, 1.54) is 4.31 Å². The first-order valence-corrected chi connectivity index (χ1v) is 10.3. The van der Waals surface area contributed by atoms with E-state index in [4.69, 9.17) is 0 Å². The predicted molar refractivity (Wildman–Crippen MR) is 99.6 cm³/mol. The average molecular weight is 369 g/mol. The normalized spacial score (nSPS) is 15.6. The van der Waals surface area contributed by atoms with Crippen molar-refractivity contribution in [3.05, 3.63) is 22.9 Å². The van der Waals surface area contributed by atoms with Crippen LogP contribution in [0, 0.1) is 0 Å². The van der Waals surface area contributed by atoms with Gasteiger partial charge in [0.05, 0.1) is 11.3 Å². The van der Waals surface area contributed by atoms with E-state index in [0.717, 1.165) is 11.3 Å². The van der Waals surface area contributed by atoms with Crippen molar-refractivity contribution in [3.8, 4) is 0 Å². The Labute approximate surface area is 150 Å². The van der Waals surface area contributed by atoms with E-state index in [9.17, 15) is 13.2 Å². The highest BCUT2D eigenvalue weighted by Gasteiger charge is 2.26. The Balaban J connectivity index is 2.39. The Morgan fingerprint density at radius 2 is 1.96 bits per heavy atom. The van der Waals surface area contributed by atoms with Crippen molar-refractivity contribution < 1.29 is 13.2 Å². The van der Waals surface area contributed by atoms with Gasteiger partial charge in [0.15, 0.2) is 0 Å². The number of nitrogens with zero attached hydrogens (tertiary/aromatic N) is 3. The molecule has 0 fully saturated rings. The number of sulfonamides is 1. The molecule has 140 valence electrons. The lowest BCUT2D eigenvalue weighted by Gasteiger charge is -2.19. The fraction of sp³-hybridized carbons (Fsp3) is 0.647. The van der Waals surface area contributed by atoms with Gasteiger partial charge in [0.2, 0.25) is 10.0 Å². The standard InChI is InChI=1S/C17H28N4O3S/c1-6-25(23,24)21-9-7-13-11-14(17(22)18-12(2)3)16(20(4)5)19-15(13)8-10-21/h11-12H,6-10H2,1-5H3,(H,18,22). The molecule has 0 aromatic carbocycles. The molecule has 0 atom stereocenters. The van der Waals surface area contributed by atoms with Crippen LogP contribution in [-0.4, -0.2) is 62.6 Å². The first kappa shape index (κ1) is 19.7. The molecule has 25 heavy (non-hydrogen) atoms. The number of fused-ring (bicyclic) bond motifs is 1. The molecule has 0 aliphatic carbocycles. The Morgan fingerprint density at radius 1 is 1.32 bits per heavy atom. The molecule has 1 aromatic rings. The van der Waals surface area contributed by atoms with Gasteiger partial charge in [-0.15, -0.1) is 0 Å². The maximum absolute atomic E-state index is 12.5. The summed E-state index contributed by atoms with van der Waals surface area (Å²) in [6.07, 6.45) is 1.12. The number of anilines is 1. The lowest BCUT2D eigenvalue weighted by Crippen LogP contribution is -2.34. The molecule has 7 nitrogen and oxygen atoms in total. The third kappa shape index (κ3) is 4.49. The summed E-state index contributed by atoms with van der Waals surface area (Å²) in [4.78, 5) is 19.0. The van der Waals surface area contributed by atoms with Gasteiger partial charge in [-0.1, -0.05) is 0 Å². The fourth-order valence-corrected chi connectivity index (χ4v) is 4.02. The Kier molecular flexibility index (Phi) is 6.05. The second kappa shape index (κ2) is 7.70. The summed E-state index contributed by atoms with van der Waals surface area (Å²) in [5, 5.41) is 2.91.